The van der Waals surface area contributed by atoms with Crippen LogP contribution in [0.25, 0.3) is 11.5 Å². The summed E-state index contributed by atoms with van der Waals surface area (Å²) in [6.45, 7) is 5.78. The van der Waals surface area contributed by atoms with Gasteiger partial charge < -0.3 is 9.73 Å². The molecule has 3 aromatic rings. The topological polar surface area (TPSA) is 85.8 Å². The predicted octanol–water partition coefficient (Wildman–Crippen LogP) is 3.13. The fraction of sp³-hybridized carbons (Fsp3) is 0.294. The molecular weight excluding hydrogens is 338 g/mol. The van der Waals surface area contributed by atoms with Crippen LogP contribution in [-0.2, 0) is 11.8 Å². The molecule has 1 N–H and O–H groups in total. The van der Waals surface area contributed by atoms with Crippen molar-refractivity contribution in [3.8, 4) is 11.5 Å². The van der Waals surface area contributed by atoms with E-state index in [1.165, 1.54) is 11.8 Å². The number of nitrogens with zero attached hydrogens (tertiary/aromatic N) is 4. The Kier molecular flexibility index (Phi) is 4.89. The second kappa shape index (κ2) is 7.10. The van der Waals surface area contributed by atoms with Crippen LogP contribution < -0.4 is 5.32 Å². The zero-order chi connectivity index (χ0) is 18.0. The van der Waals surface area contributed by atoms with Gasteiger partial charge in [0.05, 0.1) is 22.8 Å². The highest BCUT2D eigenvalue weighted by atomic mass is 32.2. The molecule has 0 saturated heterocycles. The Bertz CT molecular complexity index is 916. The molecule has 1 amide bonds. The number of hydrogen-bond donors (Lipinski definition) is 1. The third-order valence-corrected chi connectivity index (χ3v) is 4.59. The second-order valence-electron chi connectivity index (χ2n) is 5.75. The normalized spacial score (nSPS) is 10.9. The highest BCUT2D eigenvalue weighted by Gasteiger charge is 2.15. The van der Waals surface area contributed by atoms with Gasteiger partial charge in [0.2, 0.25) is 11.8 Å². The van der Waals surface area contributed by atoms with Crippen LogP contribution in [0, 0.1) is 20.8 Å². The van der Waals surface area contributed by atoms with E-state index in [0.29, 0.717) is 11.1 Å². The lowest BCUT2D eigenvalue weighted by Crippen LogP contribution is -2.15. The molecule has 25 heavy (non-hydrogen) atoms. The minimum atomic E-state index is -0.139. The maximum absolute atomic E-state index is 12.2. The van der Waals surface area contributed by atoms with Crippen molar-refractivity contribution in [1.82, 2.24) is 20.0 Å². The van der Waals surface area contributed by atoms with Crippen LogP contribution in [0.15, 0.2) is 33.9 Å². The SMILES string of the molecule is Cc1cccc(-c2nnc(SCC(=O)Nc3c(C)nn(C)c3C)o2)c1. The number of aromatic nitrogens is 4. The van der Waals surface area contributed by atoms with Crippen molar-refractivity contribution >= 4 is 23.4 Å². The average Bonchev–Trinajstić information content (AvgIpc) is 3.14. The Morgan fingerprint density at radius 2 is 2.08 bits per heavy atom. The third-order valence-electron chi connectivity index (χ3n) is 3.77. The first-order valence-electron chi connectivity index (χ1n) is 7.77. The van der Waals surface area contributed by atoms with Gasteiger partial charge >= 0.3 is 0 Å². The van der Waals surface area contributed by atoms with Gasteiger partial charge in [-0.05, 0) is 32.9 Å². The minimum Gasteiger partial charge on any atom is -0.411 e. The van der Waals surface area contributed by atoms with Crippen molar-refractivity contribution in [3.05, 3.63) is 41.2 Å². The van der Waals surface area contributed by atoms with E-state index in [1.807, 2.05) is 52.1 Å². The Morgan fingerprint density at radius 3 is 2.76 bits per heavy atom. The zero-order valence-electron chi connectivity index (χ0n) is 14.5. The van der Waals surface area contributed by atoms with Gasteiger partial charge in [0, 0.05) is 12.6 Å². The highest BCUT2D eigenvalue weighted by molar-refractivity contribution is 7.99. The van der Waals surface area contributed by atoms with Crippen LogP contribution in [0.4, 0.5) is 5.69 Å². The number of amides is 1. The van der Waals surface area contributed by atoms with E-state index < -0.39 is 0 Å². The van der Waals surface area contributed by atoms with Crippen molar-refractivity contribution in [2.24, 2.45) is 7.05 Å². The van der Waals surface area contributed by atoms with Crippen molar-refractivity contribution in [2.45, 2.75) is 26.0 Å². The lowest BCUT2D eigenvalue weighted by Gasteiger charge is -2.04. The van der Waals surface area contributed by atoms with E-state index in [-0.39, 0.29) is 11.7 Å². The maximum atomic E-state index is 12.2. The summed E-state index contributed by atoms with van der Waals surface area (Å²) >= 11 is 1.21. The number of carbonyl (C=O) groups is 1. The highest BCUT2D eigenvalue weighted by Crippen LogP contribution is 2.24. The number of rotatable bonds is 5. The smallest absolute Gasteiger partial charge is 0.277 e. The summed E-state index contributed by atoms with van der Waals surface area (Å²) in [7, 11) is 1.85. The molecule has 7 nitrogen and oxygen atoms in total. The van der Waals surface area contributed by atoms with Crippen LogP contribution in [-0.4, -0.2) is 31.6 Å². The van der Waals surface area contributed by atoms with Crippen LogP contribution >= 0.6 is 11.8 Å². The van der Waals surface area contributed by atoms with Crippen LogP contribution in [0.2, 0.25) is 0 Å². The van der Waals surface area contributed by atoms with E-state index in [2.05, 4.69) is 20.6 Å². The van der Waals surface area contributed by atoms with Gasteiger partial charge in [0.15, 0.2) is 0 Å². The molecule has 0 bridgehead atoms. The minimum absolute atomic E-state index is 0.139. The average molecular weight is 357 g/mol. The van der Waals surface area contributed by atoms with Gasteiger partial charge in [-0.3, -0.25) is 9.48 Å². The summed E-state index contributed by atoms with van der Waals surface area (Å²) in [5.74, 6) is 0.494. The molecular formula is C17H19N5O2S. The summed E-state index contributed by atoms with van der Waals surface area (Å²) in [5.41, 5.74) is 4.43. The van der Waals surface area contributed by atoms with E-state index >= 15 is 0 Å². The number of hydrogen-bond acceptors (Lipinski definition) is 6. The number of benzene rings is 1. The monoisotopic (exact) mass is 357 g/mol. The Balaban J connectivity index is 1.61. The molecule has 0 atom stereocenters. The van der Waals surface area contributed by atoms with Gasteiger partial charge in [-0.25, -0.2) is 0 Å². The Labute approximate surface area is 149 Å². The quantitative estimate of drug-likeness (QED) is 0.706. The van der Waals surface area contributed by atoms with Gasteiger partial charge in [0.25, 0.3) is 5.22 Å². The van der Waals surface area contributed by atoms with E-state index in [9.17, 15) is 4.79 Å². The molecule has 3 rings (SSSR count). The van der Waals surface area contributed by atoms with Crippen molar-refractivity contribution in [3.63, 3.8) is 0 Å². The molecule has 0 aliphatic carbocycles. The molecule has 0 aliphatic heterocycles. The second-order valence-corrected chi connectivity index (χ2v) is 6.68. The van der Waals surface area contributed by atoms with Gasteiger partial charge in [-0.2, -0.15) is 5.10 Å². The molecule has 0 aliphatic rings. The number of thioether (sulfide) groups is 1. The summed E-state index contributed by atoms with van der Waals surface area (Å²) in [5, 5.41) is 15.6. The van der Waals surface area contributed by atoms with Gasteiger partial charge in [-0.1, -0.05) is 29.5 Å². The Morgan fingerprint density at radius 1 is 1.28 bits per heavy atom. The molecule has 130 valence electrons. The number of carbonyl (C=O) groups excluding carboxylic acids is 1. The molecule has 0 saturated carbocycles. The number of aryl methyl sites for hydroxylation is 3. The number of anilines is 1. The first kappa shape index (κ1) is 17.2. The molecule has 2 heterocycles. The predicted molar refractivity (Wildman–Crippen MR) is 96.5 cm³/mol. The molecule has 1 aromatic carbocycles. The maximum Gasteiger partial charge on any atom is 0.277 e. The lowest BCUT2D eigenvalue weighted by molar-refractivity contribution is -0.113. The summed E-state index contributed by atoms with van der Waals surface area (Å²) in [4.78, 5) is 12.2. The van der Waals surface area contributed by atoms with Crippen LogP contribution in [0.3, 0.4) is 0 Å². The van der Waals surface area contributed by atoms with Crippen molar-refractivity contribution in [1.29, 1.82) is 0 Å². The molecule has 0 fully saturated rings. The molecule has 0 spiro atoms. The molecule has 2 aromatic heterocycles. The zero-order valence-corrected chi connectivity index (χ0v) is 15.3. The number of nitrogens with one attached hydrogen (secondary N) is 1. The first-order chi connectivity index (χ1) is 11.9. The van der Waals surface area contributed by atoms with Crippen LogP contribution in [0.1, 0.15) is 17.0 Å². The molecule has 8 heteroatoms. The van der Waals surface area contributed by atoms with Crippen LogP contribution in [0.5, 0.6) is 0 Å². The van der Waals surface area contributed by atoms with E-state index in [4.69, 9.17) is 4.42 Å². The fourth-order valence-electron chi connectivity index (χ4n) is 2.42. The van der Waals surface area contributed by atoms with Crippen molar-refractivity contribution in [2.75, 3.05) is 11.1 Å². The summed E-state index contributed by atoms with van der Waals surface area (Å²) in [6.07, 6.45) is 0. The molecule has 0 radical (unpaired) electrons. The third kappa shape index (κ3) is 3.90. The first-order valence-corrected chi connectivity index (χ1v) is 8.76. The largest absolute Gasteiger partial charge is 0.411 e. The summed E-state index contributed by atoms with van der Waals surface area (Å²) < 4.78 is 7.36. The van der Waals surface area contributed by atoms with Gasteiger partial charge in [-0.15, -0.1) is 10.2 Å². The lowest BCUT2D eigenvalue weighted by atomic mass is 10.1. The Hall–Kier alpha value is -2.61. The van der Waals surface area contributed by atoms with Crippen molar-refractivity contribution < 1.29 is 9.21 Å². The van der Waals surface area contributed by atoms with E-state index in [0.717, 1.165) is 28.2 Å². The molecule has 0 unspecified atom stereocenters. The standard InChI is InChI=1S/C17H19N5O2S/c1-10-6-5-7-13(8-10)16-19-20-17(24-16)25-9-14(23)18-15-11(2)21-22(4)12(15)3/h5-8H,9H2,1-4H3,(H,18,23). The fourth-order valence-corrected chi connectivity index (χ4v) is 2.98. The van der Waals surface area contributed by atoms with Gasteiger partial charge in [0.1, 0.15) is 0 Å². The summed E-state index contributed by atoms with van der Waals surface area (Å²) in [6, 6.07) is 7.83. The van der Waals surface area contributed by atoms with E-state index in [1.54, 1.807) is 4.68 Å².